The van der Waals surface area contributed by atoms with Gasteiger partial charge in [0.1, 0.15) is 12.4 Å². The molecule has 0 saturated carbocycles. The van der Waals surface area contributed by atoms with Gasteiger partial charge in [0.15, 0.2) is 17.3 Å². The molecule has 0 aliphatic carbocycles. The second kappa shape index (κ2) is 6.75. The van der Waals surface area contributed by atoms with E-state index in [0.717, 1.165) is 17.9 Å². The first-order valence-corrected chi connectivity index (χ1v) is 6.63. The zero-order valence-corrected chi connectivity index (χ0v) is 11.8. The fraction of sp³-hybridized carbons (Fsp3) is 0.333. The van der Waals surface area contributed by atoms with Crippen LogP contribution in [0.3, 0.4) is 0 Å². The van der Waals surface area contributed by atoms with E-state index in [1.807, 2.05) is 31.2 Å². The molecule has 0 unspecified atom stereocenters. The smallest absolute Gasteiger partial charge is 0.168 e. The standard InChI is InChI=1S/C15H19N3O2/c1-3-8-19-12-6-4-5-7-13(12)20-10-15-17-11(2)9-14(16)18-15/h4-7,9H,3,8,10H2,1-2H3,(H2,16,17,18). The van der Waals surface area contributed by atoms with Crippen LogP contribution in [0.2, 0.25) is 0 Å². The predicted octanol–water partition coefficient (Wildman–Crippen LogP) is 2.74. The monoisotopic (exact) mass is 273 g/mol. The highest BCUT2D eigenvalue weighted by atomic mass is 16.5. The van der Waals surface area contributed by atoms with E-state index in [4.69, 9.17) is 15.2 Å². The van der Waals surface area contributed by atoms with Crippen LogP contribution in [0.5, 0.6) is 11.5 Å². The highest BCUT2D eigenvalue weighted by molar-refractivity contribution is 5.39. The number of nitrogens with two attached hydrogens (primary N) is 1. The molecular formula is C15H19N3O2. The number of nitrogens with zero attached hydrogens (tertiary/aromatic N) is 2. The zero-order valence-electron chi connectivity index (χ0n) is 11.8. The molecule has 0 atom stereocenters. The summed E-state index contributed by atoms with van der Waals surface area (Å²) in [5, 5.41) is 0. The largest absolute Gasteiger partial charge is 0.490 e. The van der Waals surface area contributed by atoms with Crippen LogP contribution >= 0.6 is 0 Å². The molecule has 5 nitrogen and oxygen atoms in total. The van der Waals surface area contributed by atoms with E-state index in [0.29, 0.717) is 24.0 Å². The van der Waals surface area contributed by atoms with E-state index in [2.05, 4.69) is 16.9 Å². The van der Waals surface area contributed by atoms with Gasteiger partial charge < -0.3 is 15.2 Å². The summed E-state index contributed by atoms with van der Waals surface area (Å²) in [6.07, 6.45) is 0.950. The number of rotatable bonds is 6. The van der Waals surface area contributed by atoms with Gasteiger partial charge in [0.05, 0.1) is 6.61 Å². The molecule has 2 N–H and O–H groups in total. The lowest BCUT2D eigenvalue weighted by atomic mass is 10.3. The Morgan fingerprint density at radius 2 is 1.80 bits per heavy atom. The summed E-state index contributed by atoms with van der Waals surface area (Å²) in [6, 6.07) is 9.29. The van der Waals surface area contributed by atoms with Crippen LogP contribution in [-0.2, 0) is 6.61 Å². The number of hydrogen-bond donors (Lipinski definition) is 1. The molecule has 2 rings (SSSR count). The molecule has 106 valence electrons. The van der Waals surface area contributed by atoms with Gasteiger partial charge in [0.25, 0.3) is 0 Å². The van der Waals surface area contributed by atoms with E-state index >= 15 is 0 Å². The van der Waals surface area contributed by atoms with E-state index in [1.54, 1.807) is 6.07 Å². The van der Waals surface area contributed by atoms with Gasteiger partial charge in [0, 0.05) is 11.8 Å². The van der Waals surface area contributed by atoms with Crippen LogP contribution in [-0.4, -0.2) is 16.6 Å². The number of hydrogen-bond acceptors (Lipinski definition) is 5. The van der Waals surface area contributed by atoms with Crippen molar-refractivity contribution >= 4 is 5.82 Å². The Labute approximate surface area is 118 Å². The first-order valence-electron chi connectivity index (χ1n) is 6.63. The lowest BCUT2D eigenvalue weighted by molar-refractivity contribution is 0.256. The molecule has 1 aromatic heterocycles. The third-order valence-electron chi connectivity index (χ3n) is 2.59. The van der Waals surface area contributed by atoms with Crippen molar-refractivity contribution in [3.05, 3.63) is 41.9 Å². The van der Waals surface area contributed by atoms with E-state index in [1.165, 1.54) is 0 Å². The van der Waals surface area contributed by atoms with Gasteiger partial charge in [-0.15, -0.1) is 0 Å². The maximum atomic E-state index is 5.72. The molecule has 1 heterocycles. The zero-order chi connectivity index (χ0) is 14.4. The Morgan fingerprint density at radius 3 is 2.45 bits per heavy atom. The molecule has 20 heavy (non-hydrogen) atoms. The minimum Gasteiger partial charge on any atom is -0.490 e. The van der Waals surface area contributed by atoms with Gasteiger partial charge in [-0.2, -0.15) is 0 Å². The predicted molar refractivity (Wildman–Crippen MR) is 77.7 cm³/mol. The number of aryl methyl sites for hydroxylation is 1. The van der Waals surface area contributed by atoms with Crippen molar-refractivity contribution in [3.8, 4) is 11.5 Å². The van der Waals surface area contributed by atoms with Crippen LogP contribution in [0.25, 0.3) is 0 Å². The van der Waals surface area contributed by atoms with Gasteiger partial charge >= 0.3 is 0 Å². The quantitative estimate of drug-likeness (QED) is 0.876. The van der Waals surface area contributed by atoms with Gasteiger partial charge in [0.2, 0.25) is 0 Å². The highest BCUT2D eigenvalue weighted by Gasteiger charge is 2.06. The fourth-order valence-electron chi connectivity index (χ4n) is 1.76. The van der Waals surface area contributed by atoms with Crippen LogP contribution in [0.1, 0.15) is 24.9 Å². The number of aromatic nitrogens is 2. The summed E-state index contributed by atoms with van der Waals surface area (Å²) < 4.78 is 11.4. The van der Waals surface area contributed by atoms with E-state index < -0.39 is 0 Å². The van der Waals surface area contributed by atoms with E-state index in [-0.39, 0.29) is 6.61 Å². The molecule has 0 saturated heterocycles. The van der Waals surface area contributed by atoms with Gasteiger partial charge in [-0.25, -0.2) is 9.97 Å². The number of nitrogen functional groups attached to an aromatic ring is 1. The van der Waals surface area contributed by atoms with Crippen molar-refractivity contribution in [3.63, 3.8) is 0 Å². The fourth-order valence-corrected chi connectivity index (χ4v) is 1.76. The number of ether oxygens (including phenoxy) is 2. The molecule has 2 aromatic rings. The van der Waals surface area contributed by atoms with Crippen LogP contribution in [0.4, 0.5) is 5.82 Å². The van der Waals surface area contributed by atoms with Crippen molar-refractivity contribution in [2.45, 2.75) is 26.9 Å². The van der Waals surface area contributed by atoms with Crippen molar-refractivity contribution < 1.29 is 9.47 Å². The molecule has 0 radical (unpaired) electrons. The van der Waals surface area contributed by atoms with Crippen molar-refractivity contribution in [2.24, 2.45) is 0 Å². The van der Waals surface area contributed by atoms with Gasteiger partial charge in [-0.1, -0.05) is 19.1 Å². The van der Waals surface area contributed by atoms with Crippen molar-refractivity contribution in [2.75, 3.05) is 12.3 Å². The van der Waals surface area contributed by atoms with Gasteiger partial charge in [-0.3, -0.25) is 0 Å². The average Bonchev–Trinajstić information content (AvgIpc) is 2.43. The van der Waals surface area contributed by atoms with Crippen LogP contribution < -0.4 is 15.2 Å². The lowest BCUT2D eigenvalue weighted by Gasteiger charge is -2.11. The first-order chi connectivity index (χ1) is 9.69. The molecule has 0 spiro atoms. The van der Waals surface area contributed by atoms with Crippen LogP contribution in [0.15, 0.2) is 30.3 Å². The Bertz CT molecular complexity index is 553. The SMILES string of the molecule is CCCOc1ccccc1OCc1nc(C)cc(N)n1. The van der Waals surface area contributed by atoms with Crippen molar-refractivity contribution in [1.82, 2.24) is 9.97 Å². The average molecular weight is 273 g/mol. The number of benzene rings is 1. The molecule has 0 bridgehead atoms. The van der Waals surface area contributed by atoms with Crippen LogP contribution in [0, 0.1) is 6.92 Å². The Hall–Kier alpha value is -2.30. The maximum Gasteiger partial charge on any atom is 0.168 e. The lowest BCUT2D eigenvalue weighted by Crippen LogP contribution is -2.06. The summed E-state index contributed by atoms with van der Waals surface area (Å²) in [7, 11) is 0. The summed E-state index contributed by atoms with van der Waals surface area (Å²) in [6.45, 7) is 4.86. The summed E-state index contributed by atoms with van der Waals surface area (Å²) in [4.78, 5) is 8.43. The molecule has 5 heteroatoms. The number of para-hydroxylation sites is 2. The molecule has 0 fully saturated rings. The molecule has 1 aromatic carbocycles. The summed E-state index contributed by atoms with van der Waals surface area (Å²) in [5.41, 5.74) is 6.52. The third-order valence-corrected chi connectivity index (χ3v) is 2.59. The first kappa shape index (κ1) is 14.1. The van der Waals surface area contributed by atoms with Gasteiger partial charge in [-0.05, 0) is 25.5 Å². The van der Waals surface area contributed by atoms with E-state index in [9.17, 15) is 0 Å². The Kier molecular flexibility index (Phi) is 4.76. The molecular weight excluding hydrogens is 254 g/mol. The third kappa shape index (κ3) is 3.85. The second-order valence-corrected chi connectivity index (χ2v) is 4.43. The Morgan fingerprint density at radius 1 is 1.10 bits per heavy atom. The normalized spacial score (nSPS) is 10.3. The summed E-state index contributed by atoms with van der Waals surface area (Å²) in [5.74, 6) is 2.43. The minimum atomic E-state index is 0.262. The Balaban J connectivity index is 2.06. The number of anilines is 1. The second-order valence-electron chi connectivity index (χ2n) is 4.43. The minimum absolute atomic E-state index is 0.262. The topological polar surface area (TPSA) is 70.3 Å². The summed E-state index contributed by atoms with van der Waals surface area (Å²) >= 11 is 0. The maximum absolute atomic E-state index is 5.72. The molecule has 0 aliphatic rings. The molecule has 0 aliphatic heterocycles. The molecule has 0 amide bonds. The highest BCUT2D eigenvalue weighted by Crippen LogP contribution is 2.27. The van der Waals surface area contributed by atoms with Crippen molar-refractivity contribution in [1.29, 1.82) is 0 Å².